The first-order chi connectivity index (χ1) is 68.9. The van der Waals surface area contributed by atoms with E-state index in [0.717, 1.165) is 124 Å². The van der Waals surface area contributed by atoms with Gasteiger partial charge in [0.05, 0.1) is 16.7 Å². The van der Waals surface area contributed by atoms with Crippen LogP contribution in [0, 0.1) is 0 Å². The predicted molar refractivity (Wildman–Crippen MR) is 587 cm³/mol. The molecule has 13 nitrogen and oxygen atoms in total. The van der Waals surface area contributed by atoms with E-state index in [-0.39, 0.29) is 5.28 Å². The van der Waals surface area contributed by atoms with Crippen LogP contribution in [0.15, 0.2) is 470 Å². The molecule has 662 valence electrons. The van der Waals surface area contributed by atoms with Gasteiger partial charge in [-0.3, -0.25) is 0 Å². The molecule has 27 aromatic rings. The number of hydrogen-bond donors (Lipinski definition) is 3. The summed E-state index contributed by atoms with van der Waals surface area (Å²) in [6.07, 6.45) is 0. The highest BCUT2D eigenvalue weighted by Crippen LogP contribution is 2.42. The Labute approximate surface area is 826 Å². The highest BCUT2D eigenvalue weighted by molar-refractivity contribution is 9.11. The van der Waals surface area contributed by atoms with Crippen molar-refractivity contribution in [3.63, 3.8) is 0 Å². The monoisotopic (exact) mass is 1950 g/mol. The first-order valence-corrected chi connectivity index (χ1v) is 47.9. The molecule has 5 aromatic heterocycles. The summed E-state index contributed by atoms with van der Waals surface area (Å²) in [5.41, 5.74) is 14.0. The fourth-order valence-corrected chi connectivity index (χ4v) is 19.8. The zero-order valence-corrected chi connectivity index (χ0v) is 78.9. The third kappa shape index (κ3) is 17.6. The minimum Gasteiger partial charge on any atom is -0.423 e. The molecule has 0 spiro atoms. The molecule has 0 saturated heterocycles. The zero-order valence-electron chi connectivity index (χ0n) is 75.0. The predicted octanol–water partition coefficient (Wildman–Crippen LogP) is 31.3. The molecular weight excluding hydrogens is 1870 g/mol. The van der Waals surface area contributed by atoms with Gasteiger partial charge in [-0.2, -0.15) is 9.97 Å². The van der Waals surface area contributed by atoms with E-state index in [9.17, 15) is 0 Å². The SMILES string of the molecule is Brc1ccc(-c2nc(-c3ccc4ccccc4c3)nc(-c3ccc4ccccc4c3)n2)c2ccccc12.Clc1nc(-c2ccc3ccccc3c2)nc(-c2ccc3ccccc3c2)n1.OB(O)c1ccc(Br)c2ccccc12.c1ccc2c(c1)[nH]c1ccccc12.c1ccc2cc(-c3nc(-c4ccc5ccccc5c4)nc(-c4ccc(-n5c6ccccc6c6ccccc65)c5ccccc45)n3)ccc2c1. The van der Waals surface area contributed by atoms with Crippen molar-refractivity contribution < 1.29 is 10.0 Å². The van der Waals surface area contributed by atoms with Gasteiger partial charge in [0.15, 0.2) is 46.6 Å². The van der Waals surface area contributed by atoms with Crippen molar-refractivity contribution in [3.05, 3.63) is 475 Å². The third-order valence-corrected chi connectivity index (χ3v) is 27.1. The van der Waals surface area contributed by atoms with E-state index in [4.69, 9.17) is 51.6 Å². The lowest BCUT2D eigenvalue weighted by Gasteiger charge is -2.15. The maximum Gasteiger partial charge on any atom is 0.489 e. The number of H-pyrrole nitrogens is 1. The number of aromatic amines is 1. The molecule has 22 aromatic carbocycles. The number of rotatable bonds is 10. The number of benzene rings is 22. The zero-order chi connectivity index (χ0) is 94.1. The molecule has 5 heterocycles. The summed E-state index contributed by atoms with van der Waals surface area (Å²) >= 11 is 13.3. The van der Waals surface area contributed by atoms with Crippen LogP contribution in [0.3, 0.4) is 0 Å². The van der Waals surface area contributed by atoms with Crippen LogP contribution in [0.5, 0.6) is 0 Å². The van der Waals surface area contributed by atoms with Gasteiger partial charge in [0, 0.05) is 91.4 Å². The minimum absolute atomic E-state index is 0.191. The summed E-state index contributed by atoms with van der Waals surface area (Å²) in [5, 5.41) is 43.8. The van der Waals surface area contributed by atoms with Crippen molar-refractivity contribution in [2.75, 3.05) is 0 Å². The van der Waals surface area contributed by atoms with E-state index in [1.807, 2.05) is 78.9 Å². The average molecular weight is 1950 g/mol. The molecule has 0 aliphatic carbocycles. The highest BCUT2D eigenvalue weighted by atomic mass is 79.9. The molecule has 3 N–H and O–H groups in total. The Morgan fingerprint density at radius 3 is 0.814 bits per heavy atom. The molecule has 140 heavy (non-hydrogen) atoms. The van der Waals surface area contributed by atoms with Crippen molar-refractivity contribution in [3.8, 4) is 96.8 Å². The molecule has 0 unspecified atom stereocenters. The quantitative estimate of drug-likeness (QED) is 0.111. The number of halogens is 3. The van der Waals surface area contributed by atoms with Gasteiger partial charge in [0.25, 0.3) is 0 Å². The molecule has 17 heteroatoms. The van der Waals surface area contributed by atoms with Crippen LogP contribution in [0.1, 0.15) is 0 Å². The normalized spacial score (nSPS) is 11.3. The first kappa shape index (κ1) is 87.1. The van der Waals surface area contributed by atoms with E-state index in [0.29, 0.717) is 52.1 Å². The molecular formula is C123H79BBr2ClN11O2. The van der Waals surface area contributed by atoms with E-state index >= 15 is 0 Å². The molecule has 0 saturated carbocycles. The maximum atomic E-state index is 9.15. The molecule has 0 radical (unpaired) electrons. The standard InChI is InChI=1S/C45H28N4.C33H20BrN3.C23H14ClN3.C12H9N.C10H8BBrO2/c1-3-13-31-27-33(23-21-29(31)11-1)43-46-44(34-24-22-30-12-2-4-14-32(30)28-34)48-45(47-43)39-25-26-42(36-16-6-5-15-35(36)39)49-40-19-9-7-17-37(40)38-18-8-10-20-41(38)49;34-30-18-17-29(27-11-5-6-12-28(27)30)33-36-31(25-15-13-21-7-1-3-9-23(21)19-25)35-32(37-33)26-16-14-22-8-2-4-10-24(22)20-26;24-23-26-21(19-11-9-15-5-1-3-7-17(15)13-19)25-22(27-23)20-12-10-16-6-2-4-8-18(16)14-20;1-3-7-11-9(5-1)10-6-2-4-8-12(10)13-11;12-10-6-5-9(11(13)14)7-3-1-2-4-8(7)10/h1-28H;1-20H;1-14H;1-8,13H;1-6,13-14H. The molecule has 0 fully saturated rings. The van der Waals surface area contributed by atoms with Gasteiger partial charge in [-0.05, 0) is 200 Å². The summed E-state index contributed by atoms with van der Waals surface area (Å²) in [6, 6.07) is 158. The van der Waals surface area contributed by atoms with E-state index in [1.54, 1.807) is 6.07 Å². The lowest BCUT2D eigenvalue weighted by Crippen LogP contribution is -2.30. The van der Waals surface area contributed by atoms with E-state index < -0.39 is 7.12 Å². The number of aromatic nitrogens is 11. The van der Waals surface area contributed by atoms with Crippen molar-refractivity contribution >= 4 is 197 Å². The number of nitrogens with one attached hydrogen (secondary N) is 1. The lowest BCUT2D eigenvalue weighted by atomic mass is 9.77. The molecule has 0 aliphatic rings. The molecule has 0 bridgehead atoms. The number of para-hydroxylation sites is 4. The Bertz CT molecular complexity index is 9110. The Kier molecular flexibility index (Phi) is 23.8. The second-order valence-corrected chi connectivity index (χ2v) is 36.2. The Morgan fingerprint density at radius 2 is 0.464 bits per heavy atom. The summed E-state index contributed by atoms with van der Waals surface area (Å²) in [5.74, 6) is 5.06. The van der Waals surface area contributed by atoms with Crippen LogP contribution in [0.2, 0.25) is 5.28 Å². The summed E-state index contributed by atoms with van der Waals surface area (Å²) in [7, 11) is -1.42. The smallest absolute Gasteiger partial charge is 0.423 e. The Balaban J connectivity index is 0.000000106. The van der Waals surface area contributed by atoms with Crippen molar-refractivity contribution in [2.45, 2.75) is 0 Å². The van der Waals surface area contributed by atoms with Crippen molar-refractivity contribution in [1.29, 1.82) is 0 Å². The molecule has 0 atom stereocenters. The molecule has 0 aliphatic heterocycles. The van der Waals surface area contributed by atoms with Crippen LogP contribution in [0.25, 0.3) is 237 Å². The summed E-state index contributed by atoms with van der Waals surface area (Å²) in [4.78, 5) is 47.2. The van der Waals surface area contributed by atoms with Crippen LogP contribution < -0.4 is 5.46 Å². The van der Waals surface area contributed by atoms with Crippen LogP contribution >= 0.6 is 43.5 Å². The largest absolute Gasteiger partial charge is 0.489 e. The molecule has 0 amide bonds. The second kappa shape index (κ2) is 38.3. The van der Waals surface area contributed by atoms with Crippen LogP contribution in [0.4, 0.5) is 0 Å². The van der Waals surface area contributed by atoms with Crippen molar-refractivity contribution in [1.82, 2.24) is 54.4 Å². The fraction of sp³-hybridized carbons (Fsp3) is 0. The van der Waals surface area contributed by atoms with Gasteiger partial charge in [-0.15, -0.1) is 0 Å². The minimum atomic E-state index is -1.42. The molecule has 27 rings (SSSR count). The third-order valence-electron chi connectivity index (χ3n) is 25.6. The van der Waals surface area contributed by atoms with Gasteiger partial charge in [0.2, 0.25) is 5.28 Å². The number of hydrogen-bond acceptors (Lipinski definition) is 11. The Hall–Kier alpha value is -17.0. The summed E-state index contributed by atoms with van der Waals surface area (Å²) in [6.45, 7) is 0. The van der Waals surface area contributed by atoms with E-state index in [2.05, 4.69) is 432 Å². The van der Waals surface area contributed by atoms with Gasteiger partial charge in [-0.25, -0.2) is 34.9 Å². The van der Waals surface area contributed by atoms with Gasteiger partial charge in [-0.1, -0.05) is 402 Å². The highest BCUT2D eigenvalue weighted by Gasteiger charge is 2.23. The van der Waals surface area contributed by atoms with Gasteiger partial charge < -0.3 is 19.6 Å². The first-order valence-electron chi connectivity index (χ1n) is 46.0. The lowest BCUT2D eigenvalue weighted by molar-refractivity contribution is 0.426. The van der Waals surface area contributed by atoms with Crippen molar-refractivity contribution in [2.24, 2.45) is 0 Å². The number of nitrogens with zero attached hydrogens (tertiary/aromatic N) is 10. The maximum absolute atomic E-state index is 9.15. The van der Waals surface area contributed by atoms with Gasteiger partial charge >= 0.3 is 7.12 Å². The van der Waals surface area contributed by atoms with E-state index in [1.165, 1.54) is 75.9 Å². The number of fused-ring (bicyclic) bond motifs is 15. The van der Waals surface area contributed by atoms with Gasteiger partial charge in [0.1, 0.15) is 0 Å². The van der Waals surface area contributed by atoms with Crippen LogP contribution in [-0.4, -0.2) is 71.6 Å². The summed E-state index contributed by atoms with van der Waals surface area (Å²) < 4.78 is 4.38. The average Bonchev–Trinajstić information content (AvgIpc) is 1.53. The fourth-order valence-electron chi connectivity index (χ4n) is 18.7. The topological polar surface area (TPSA) is 177 Å². The second-order valence-electron chi connectivity index (χ2n) is 34.2. The van der Waals surface area contributed by atoms with Crippen LogP contribution in [-0.2, 0) is 0 Å². The Morgan fingerprint density at radius 1 is 0.214 bits per heavy atom.